The highest BCUT2D eigenvalue weighted by Crippen LogP contribution is 2.19. The summed E-state index contributed by atoms with van der Waals surface area (Å²) in [4.78, 5) is 11.9. The molecule has 1 unspecified atom stereocenters. The first-order valence-corrected chi connectivity index (χ1v) is 6.31. The largest absolute Gasteiger partial charge is 0.384 e. The Bertz CT molecular complexity index is 596. The molecule has 2 N–H and O–H groups in total. The van der Waals surface area contributed by atoms with E-state index in [9.17, 15) is 14.3 Å². The van der Waals surface area contributed by atoms with Gasteiger partial charge >= 0.3 is 0 Å². The Balaban J connectivity index is 2.05. The molecule has 2 aromatic rings. The van der Waals surface area contributed by atoms with Crippen molar-refractivity contribution in [1.82, 2.24) is 5.32 Å². The van der Waals surface area contributed by atoms with E-state index < -0.39 is 17.3 Å². The number of hydrogen-bond donors (Lipinski definition) is 2. The molecule has 3 nitrogen and oxygen atoms in total. The molecule has 0 saturated heterocycles. The summed E-state index contributed by atoms with van der Waals surface area (Å²) in [5.41, 5.74) is -0.549. The van der Waals surface area contributed by atoms with E-state index in [1.807, 2.05) is 18.2 Å². The van der Waals surface area contributed by atoms with E-state index in [0.717, 1.165) is 0 Å². The van der Waals surface area contributed by atoms with Gasteiger partial charge in [0.1, 0.15) is 11.4 Å². The van der Waals surface area contributed by atoms with Crippen molar-refractivity contribution in [2.24, 2.45) is 0 Å². The van der Waals surface area contributed by atoms with Crippen molar-refractivity contribution in [2.75, 3.05) is 6.54 Å². The lowest BCUT2D eigenvalue weighted by atomic mass is 9.96. The molecule has 0 spiro atoms. The maximum Gasteiger partial charge on any atom is 0.254 e. The average molecular weight is 273 g/mol. The minimum atomic E-state index is -1.21. The van der Waals surface area contributed by atoms with E-state index in [-0.39, 0.29) is 12.1 Å². The van der Waals surface area contributed by atoms with Gasteiger partial charge in [0, 0.05) is 0 Å². The highest BCUT2D eigenvalue weighted by atomic mass is 19.1. The Kier molecular flexibility index (Phi) is 4.15. The number of benzene rings is 2. The highest BCUT2D eigenvalue weighted by Gasteiger charge is 2.24. The van der Waals surface area contributed by atoms with Crippen molar-refractivity contribution in [3.8, 4) is 0 Å². The van der Waals surface area contributed by atoms with Gasteiger partial charge in [-0.25, -0.2) is 4.39 Å². The van der Waals surface area contributed by atoms with Gasteiger partial charge in [-0.05, 0) is 24.6 Å². The molecular weight excluding hydrogens is 257 g/mol. The molecule has 0 fully saturated rings. The van der Waals surface area contributed by atoms with E-state index in [0.29, 0.717) is 5.56 Å². The van der Waals surface area contributed by atoms with Crippen LogP contribution in [0.3, 0.4) is 0 Å². The van der Waals surface area contributed by atoms with Crippen LogP contribution in [0.25, 0.3) is 0 Å². The topological polar surface area (TPSA) is 49.3 Å². The number of hydrogen-bond acceptors (Lipinski definition) is 2. The molecule has 4 heteroatoms. The summed E-state index contributed by atoms with van der Waals surface area (Å²) in [6, 6.07) is 14.7. The van der Waals surface area contributed by atoms with Crippen LogP contribution in [-0.4, -0.2) is 17.6 Å². The van der Waals surface area contributed by atoms with Crippen LogP contribution in [0.5, 0.6) is 0 Å². The van der Waals surface area contributed by atoms with Gasteiger partial charge in [0.25, 0.3) is 5.91 Å². The lowest BCUT2D eigenvalue weighted by molar-refractivity contribution is 0.0525. The predicted molar refractivity (Wildman–Crippen MR) is 74.7 cm³/mol. The average Bonchev–Trinajstić information content (AvgIpc) is 2.46. The fourth-order valence-electron chi connectivity index (χ4n) is 1.89. The van der Waals surface area contributed by atoms with Gasteiger partial charge in [-0.3, -0.25) is 4.79 Å². The molecule has 1 amide bonds. The molecule has 0 radical (unpaired) electrons. The van der Waals surface area contributed by atoms with E-state index in [1.54, 1.807) is 25.1 Å². The molecule has 0 aliphatic heterocycles. The summed E-state index contributed by atoms with van der Waals surface area (Å²) in [6.07, 6.45) is 0. The zero-order chi connectivity index (χ0) is 14.6. The summed E-state index contributed by atoms with van der Waals surface area (Å²) in [7, 11) is 0. The van der Waals surface area contributed by atoms with Crippen LogP contribution in [0.4, 0.5) is 4.39 Å². The van der Waals surface area contributed by atoms with Gasteiger partial charge < -0.3 is 10.4 Å². The summed E-state index contributed by atoms with van der Waals surface area (Å²) < 4.78 is 13.5. The van der Waals surface area contributed by atoms with Crippen LogP contribution < -0.4 is 5.32 Å². The molecule has 2 aromatic carbocycles. The van der Waals surface area contributed by atoms with Crippen molar-refractivity contribution in [3.63, 3.8) is 0 Å². The van der Waals surface area contributed by atoms with Crippen molar-refractivity contribution in [3.05, 3.63) is 71.5 Å². The third kappa shape index (κ3) is 3.22. The molecule has 0 bridgehead atoms. The third-order valence-electron chi connectivity index (χ3n) is 3.11. The number of carbonyl (C=O) groups excluding carboxylic acids is 1. The molecule has 20 heavy (non-hydrogen) atoms. The van der Waals surface area contributed by atoms with Gasteiger partial charge in [-0.1, -0.05) is 42.5 Å². The number of rotatable bonds is 4. The fraction of sp³-hybridized carbons (Fsp3) is 0.188. The molecule has 2 rings (SSSR count). The quantitative estimate of drug-likeness (QED) is 0.899. The molecule has 104 valence electrons. The SMILES string of the molecule is CC(O)(CNC(=O)c1ccccc1F)c1ccccc1. The van der Waals surface area contributed by atoms with Crippen molar-refractivity contribution >= 4 is 5.91 Å². The monoisotopic (exact) mass is 273 g/mol. The van der Waals surface area contributed by atoms with Gasteiger partial charge in [0.05, 0.1) is 12.1 Å². The zero-order valence-electron chi connectivity index (χ0n) is 11.1. The molecule has 0 saturated carbocycles. The first-order chi connectivity index (χ1) is 9.50. The number of nitrogens with one attached hydrogen (secondary N) is 1. The minimum Gasteiger partial charge on any atom is -0.384 e. The van der Waals surface area contributed by atoms with E-state index in [2.05, 4.69) is 5.32 Å². The van der Waals surface area contributed by atoms with Crippen LogP contribution in [0.15, 0.2) is 54.6 Å². The number of carbonyl (C=O) groups is 1. The van der Waals surface area contributed by atoms with Crippen molar-refractivity contribution in [2.45, 2.75) is 12.5 Å². The maximum absolute atomic E-state index is 13.5. The molecule has 0 aliphatic rings. The van der Waals surface area contributed by atoms with Crippen LogP contribution in [0.1, 0.15) is 22.8 Å². The summed E-state index contributed by atoms with van der Waals surface area (Å²) in [5.74, 6) is -1.12. The van der Waals surface area contributed by atoms with Gasteiger partial charge in [0.2, 0.25) is 0 Å². The first-order valence-electron chi connectivity index (χ1n) is 6.31. The van der Waals surface area contributed by atoms with Crippen molar-refractivity contribution < 1.29 is 14.3 Å². The van der Waals surface area contributed by atoms with Gasteiger partial charge in [0.15, 0.2) is 0 Å². The Hall–Kier alpha value is -2.20. The standard InChI is InChI=1S/C16H16FNO2/c1-16(20,12-7-3-2-4-8-12)11-18-15(19)13-9-5-6-10-14(13)17/h2-10,20H,11H2,1H3,(H,18,19). The lowest BCUT2D eigenvalue weighted by Crippen LogP contribution is -2.38. The highest BCUT2D eigenvalue weighted by molar-refractivity contribution is 5.94. The molecule has 1 atom stereocenters. The normalized spacial score (nSPS) is 13.6. The van der Waals surface area contributed by atoms with Gasteiger partial charge in [-0.15, -0.1) is 0 Å². The first kappa shape index (κ1) is 14.2. The van der Waals surface area contributed by atoms with Crippen LogP contribution in [-0.2, 0) is 5.60 Å². The summed E-state index contributed by atoms with van der Waals surface area (Å²) in [5, 5.41) is 12.9. The smallest absolute Gasteiger partial charge is 0.254 e. The molecule has 0 aromatic heterocycles. The fourth-order valence-corrected chi connectivity index (χ4v) is 1.89. The second-order valence-corrected chi connectivity index (χ2v) is 4.80. The van der Waals surface area contributed by atoms with Crippen LogP contribution in [0.2, 0.25) is 0 Å². The van der Waals surface area contributed by atoms with E-state index in [1.165, 1.54) is 18.2 Å². The minimum absolute atomic E-state index is 0.00415. The molecular formula is C16H16FNO2. The number of halogens is 1. The Morgan fingerprint density at radius 3 is 2.40 bits per heavy atom. The van der Waals surface area contributed by atoms with E-state index >= 15 is 0 Å². The second-order valence-electron chi connectivity index (χ2n) is 4.80. The predicted octanol–water partition coefficient (Wildman–Crippen LogP) is 2.46. The number of aliphatic hydroxyl groups is 1. The second kappa shape index (κ2) is 5.84. The summed E-state index contributed by atoms with van der Waals surface area (Å²) >= 11 is 0. The Morgan fingerprint density at radius 1 is 1.15 bits per heavy atom. The van der Waals surface area contributed by atoms with Crippen molar-refractivity contribution in [1.29, 1.82) is 0 Å². The Labute approximate surface area is 117 Å². The molecule has 0 aliphatic carbocycles. The molecule has 0 heterocycles. The van der Waals surface area contributed by atoms with Gasteiger partial charge in [-0.2, -0.15) is 0 Å². The van der Waals surface area contributed by atoms with Crippen LogP contribution in [0, 0.1) is 5.82 Å². The summed E-state index contributed by atoms with van der Waals surface area (Å²) in [6.45, 7) is 1.61. The van der Waals surface area contributed by atoms with E-state index in [4.69, 9.17) is 0 Å². The lowest BCUT2D eigenvalue weighted by Gasteiger charge is -2.24. The Morgan fingerprint density at radius 2 is 1.75 bits per heavy atom. The maximum atomic E-state index is 13.5. The number of amides is 1. The van der Waals surface area contributed by atoms with Crippen LogP contribution >= 0.6 is 0 Å². The zero-order valence-corrected chi connectivity index (χ0v) is 11.1. The third-order valence-corrected chi connectivity index (χ3v) is 3.11.